The third-order valence-corrected chi connectivity index (χ3v) is 3.29. The Kier molecular flexibility index (Phi) is 4.11. The molecule has 3 nitrogen and oxygen atoms in total. The molecular formula is C10H16BrNO2. The smallest absolute Gasteiger partial charge is 0.217 e. The van der Waals surface area contributed by atoms with Crippen LogP contribution in [0, 0.1) is 0 Å². The molecule has 0 aromatic heterocycles. The molecular weight excluding hydrogens is 246 g/mol. The number of rotatable bonds is 3. The van der Waals surface area contributed by atoms with Crippen LogP contribution < -0.4 is 5.32 Å². The van der Waals surface area contributed by atoms with Crippen LogP contribution >= 0.6 is 15.9 Å². The first-order valence-corrected chi connectivity index (χ1v) is 6.11. The second-order valence-corrected chi connectivity index (χ2v) is 4.44. The molecule has 0 heterocycles. The van der Waals surface area contributed by atoms with E-state index >= 15 is 0 Å². The summed E-state index contributed by atoms with van der Waals surface area (Å²) in [6.45, 7) is 1.47. The molecule has 0 saturated heterocycles. The van der Waals surface area contributed by atoms with Crippen molar-refractivity contribution in [1.29, 1.82) is 0 Å². The molecule has 0 unspecified atom stereocenters. The molecule has 0 atom stereocenters. The molecule has 1 N–H and O–H groups in total. The monoisotopic (exact) mass is 261 g/mol. The van der Waals surface area contributed by atoms with Crippen LogP contribution in [0.2, 0.25) is 0 Å². The molecule has 1 fully saturated rings. The summed E-state index contributed by atoms with van der Waals surface area (Å²) in [5.41, 5.74) is -0.576. The zero-order valence-corrected chi connectivity index (χ0v) is 10.0. The van der Waals surface area contributed by atoms with E-state index in [1.54, 1.807) is 0 Å². The number of Topliss-reactive ketones (excluding diaryl/α,β-unsaturated/α-hetero) is 1. The van der Waals surface area contributed by atoms with Crippen LogP contribution in [0.5, 0.6) is 0 Å². The van der Waals surface area contributed by atoms with Crippen molar-refractivity contribution in [3.8, 4) is 0 Å². The average Bonchev–Trinajstić information content (AvgIpc) is 2.17. The number of carbonyl (C=O) groups is 2. The minimum Gasteiger partial charge on any atom is -0.344 e. The van der Waals surface area contributed by atoms with Gasteiger partial charge in [-0.25, -0.2) is 0 Å². The van der Waals surface area contributed by atoms with Crippen LogP contribution in [0.1, 0.15) is 39.0 Å². The Morgan fingerprint density at radius 2 is 1.86 bits per heavy atom. The van der Waals surface area contributed by atoms with E-state index in [0.717, 1.165) is 32.1 Å². The van der Waals surface area contributed by atoms with Crippen molar-refractivity contribution in [2.45, 2.75) is 44.6 Å². The van der Waals surface area contributed by atoms with E-state index in [1.807, 2.05) is 0 Å². The van der Waals surface area contributed by atoms with Gasteiger partial charge in [-0.05, 0) is 12.8 Å². The summed E-state index contributed by atoms with van der Waals surface area (Å²) in [6.07, 6.45) is 4.79. The second-order valence-electron chi connectivity index (χ2n) is 3.88. The Balaban J connectivity index is 2.76. The maximum absolute atomic E-state index is 11.8. The topological polar surface area (TPSA) is 46.2 Å². The molecule has 1 amide bonds. The van der Waals surface area contributed by atoms with Crippen LogP contribution in [0.4, 0.5) is 0 Å². The molecule has 0 spiro atoms. The van der Waals surface area contributed by atoms with Crippen molar-refractivity contribution in [1.82, 2.24) is 5.32 Å². The Morgan fingerprint density at radius 1 is 1.29 bits per heavy atom. The average molecular weight is 262 g/mol. The Morgan fingerprint density at radius 3 is 2.29 bits per heavy atom. The summed E-state index contributed by atoms with van der Waals surface area (Å²) in [4.78, 5) is 22.8. The van der Waals surface area contributed by atoms with Gasteiger partial charge in [-0.2, -0.15) is 0 Å². The zero-order chi connectivity index (χ0) is 10.6. The molecule has 0 bridgehead atoms. The zero-order valence-electron chi connectivity index (χ0n) is 8.44. The highest BCUT2D eigenvalue weighted by Gasteiger charge is 2.38. The summed E-state index contributed by atoms with van der Waals surface area (Å²) < 4.78 is 0. The van der Waals surface area contributed by atoms with Crippen LogP contribution in [-0.2, 0) is 9.59 Å². The molecule has 0 radical (unpaired) electrons. The van der Waals surface area contributed by atoms with Crippen molar-refractivity contribution in [3.05, 3.63) is 0 Å². The normalized spacial score (nSPS) is 20.1. The van der Waals surface area contributed by atoms with Gasteiger partial charge < -0.3 is 5.32 Å². The lowest BCUT2D eigenvalue weighted by Crippen LogP contribution is -2.55. The van der Waals surface area contributed by atoms with E-state index in [4.69, 9.17) is 0 Å². The molecule has 0 aliphatic heterocycles. The number of ketones is 1. The van der Waals surface area contributed by atoms with E-state index in [2.05, 4.69) is 21.2 Å². The standard InChI is InChI=1S/C10H16BrNO2/c1-8(13)12-10(9(14)7-11)5-3-2-4-6-10/h2-7H2,1H3,(H,12,13). The van der Waals surface area contributed by atoms with Crippen molar-refractivity contribution in [3.63, 3.8) is 0 Å². The largest absolute Gasteiger partial charge is 0.344 e. The van der Waals surface area contributed by atoms with Crippen LogP contribution in [0.3, 0.4) is 0 Å². The number of amides is 1. The van der Waals surface area contributed by atoms with E-state index in [9.17, 15) is 9.59 Å². The van der Waals surface area contributed by atoms with E-state index in [1.165, 1.54) is 6.92 Å². The molecule has 0 aromatic carbocycles. The number of hydrogen-bond acceptors (Lipinski definition) is 2. The summed E-state index contributed by atoms with van der Waals surface area (Å²) in [6, 6.07) is 0. The number of halogens is 1. The van der Waals surface area contributed by atoms with Gasteiger partial charge in [0.15, 0.2) is 5.78 Å². The van der Waals surface area contributed by atoms with Gasteiger partial charge in [0.25, 0.3) is 0 Å². The SMILES string of the molecule is CC(=O)NC1(C(=O)CBr)CCCCC1. The van der Waals surface area contributed by atoms with E-state index in [0.29, 0.717) is 5.33 Å². The lowest BCUT2D eigenvalue weighted by molar-refractivity contribution is -0.130. The van der Waals surface area contributed by atoms with Gasteiger partial charge in [0.1, 0.15) is 0 Å². The maximum atomic E-state index is 11.8. The molecule has 80 valence electrons. The highest BCUT2D eigenvalue weighted by Crippen LogP contribution is 2.29. The summed E-state index contributed by atoms with van der Waals surface area (Å²) in [5, 5.41) is 3.15. The van der Waals surface area contributed by atoms with Crippen molar-refractivity contribution in [2.24, 2.45) is 0 Å². The number of nitrogens with one attached hydrogen (secondary N) is 1. The first-order chi connectivity index (χ1) is 6.60. The van der Waals surface area contributed by atoms with E-state index < -0.39 is 5.54 Å². The molecule has 0 aromatic rings. The molecule has 14 heavy (non-hydrogen) atoms. The molecule has 1 aliphatic carbocycles. The van der Waals surface area contributed by atoms with Crippen LogP contribution in [-0.4, -0.2) is 22.6 Å². The summed E-state index contributed by atoms with van der Waals surface area (Å²) in [5.74, 6) is -0.00593. The van der Waals surface area contributed by atoms with Crippen molar-refractivity contribution < 1.29 is 9.59 Å². The van der Waals surface area contributed by atoms with Gasteiger partial charge in [0.05, 0.1) is 10.9 Å². The highest BCUT2D eigenvalue weighted by atomic mass is 79.9. The predicted octanol–water partition coefficient (Wildman–Crippen LogP) is 1.79. The maximum Gasteiger partial charge on any atom is 0.217 e. The third-order valence-electron chi connectivity index (χ3n) is 2.78. The van der Waals surface area contributed by atoms with E-state index in [-0.39, 0.29) is 11.7 Å². The van der Waals surface area contributed by atoms with Gasteiger partial charge in [0.2, 0.25) is 5.91 Å². The Hall–Kier alpha value is -0.380. The van der Waals surface area contributed by atoms with Gasteiger partial charge in [-0.1, -0.05) is 35.2 Å². The summed E-state index contributed by atoms with van der Waals surface area (Å²) >= 11 is 3.17. The highest BCUT2D eigenvalue weighted by molar-refractivity contribution is 9.09. The molecule has 1 rings (SSSR count). The first kappa shape index (κ1) is 11.7. The Labute approximate surface area is 92.8 Å². The fourth-order valence-corrected chi connectivity index (χ4v) is 2.63. The number of hydrogen-bond donors (Lipinski definition) is 1. The minimum absolute atomic E-state index is 0.104. The molecule has 4 heteroatoms. The van der Waals surface area contributed by atoms with Crippen molar-refractivity contribution in [2.75, 3.05) is 5.33 Å². The second kappa shape index (κ2) is 4.91. The Bertz CT molecular complexity index is 234. The number of alkyl halides is 1. The minimum atomic E-state index is -0.576. The number of carbonyl (C=O) groups excluding carboxylic acids is 2. The summed E-state index contributed by atoms with van der Waals surface area (Å²) in [7, 11) is 0. The lowest BCUT2D eigenvalue weighted by Gasteiger charge is -2.35. The fraction of sp³-hybridized carbons (Fsp3) is 0.800. The third kappa shape index (κ3) is 2.56. The predicted molar refractivity (Wildman–Crippen MR) is 58.4 cm³/mol. The molecule has 1 saturated carbocycles. The first-order valence-electron chi connectivity index (χ1n) is 4.99. The molecule has 1 aliphatic rings. The van der Waals surface area contributed by atoms with Gasteiger partial charge >= 0.3 is 0 Å². The van der Waals surface area contributed by atoms with Crippen LogP contribution in [0.25, 0.3) is 0 Å². The fourth-order valence-electron chi connectivity index (χ4n) is 2.09. The lowest BCUT2D eigenvalue weighted by atomic mass is 9.79. The van der Waals surface area contributed by atoms with Crippen molar-refractivity contribution >= 4 is 27.6 Å². The quantitative estimate of drug-likeness (QED) is 0.788. The van der Waals surface area contributed by atoms with Gasteiger partial charge in [0, 0.05) is 6.92 Å². The van der Waals surface area contributed by atoms with Gasteiger partial charge in [-0.3, -0.25) is 9.59 Å². The van der Waals surface area contributed by atoms with Gasteiger partial charge in [-0.15, -0.1) is 0 Å². The van der Waals surface area contributed by atoms with Crippen LogP contribution in [0.15, 0.2) is 0 Å².